The van der Waals surface area contributed by atoms with Crippen LogP contribution in [0.5, 0.6) is 0 Å². The van der Waals surface area contributed by atoms with Crippen molar-refractivity contribution in [2.75, 3.05) is 17.7 Å². The first-order valence-electron chi connectivity index (χ1n) is 6.37. The number of anilines is 1. The van der Waals surface area contributed by atoms with E-state index in [4.69, 9.17) is 5.11 Å². The summed E-state index contributed by atoms with van der Waals surface area (Å²) in [6.45, 7) is 4.28. The zero-order valence-electron chi connectivity index (χ0n) is 11.9. The summed E-state index contributed by atoms with van der Waals surface area (Å²) in [6.07, 6.45) is 3.16. The first-order valence-corrected chi connectivity index (χ1v) is 8.26. The summed E-state index contributed by atoms with van der Waals surface area (Å²) < 4.78 is 23.6. The average Bonchev–Trinajstić information content (AvgIpc) is 2.33. The Morgan fingerprint density at radius 3 is 2.60 bits per heavy atom. The normalized spacial score (nSPS) is 11.6. The maximum absolute atomic E-state index is 11.8. The van der Waals surface area contributed by atoms with Crippen molar-refractivity contribution < 1.29 is 18.3 Å². The molecule has 0 spiro atoms. The van der Waals surface area contributed by atoms with Crippen molar-refractivity contribution in [1.82, 2.24) is 4.98 Å². The number of aromatic nitrogens is 1. The van der Waals surface area contributed by atoms with Crippen LogP contribution in [0.3, 0.4) is 0 Å². The Morgan fingerprint density at radius 2 is 2.10 bits per heavy atom. The third kappa shape index (κ3) is 4.48. The van der Waals surface area contributed by atoms with Crippen LogP contribution in [-0.4, -0.2) is 43.3 Å². The standard InChI is InChI=1S/C13H20N2O4S/c1-10(2)15(9-5-7-12(16)17)13-11(20(3,18)19)6-4-8-14-13/h4,6,8,10H,5,7,9H2,1-3H3,(H,16,17). The van der Waals surface area contributed by atoms with Gasteiger partial charge in [0.15, 0.2) is 9.84 Å². The molecule has 1 heterocycles. The molecule has 0 amide bonds. The van der Waals surface area contributed by atoms with Gasteiger partial charge in [-0.15, -0.1) is 0 Å². The van der Waals surface area contributed by atoms with E-state index >= 15 is 0 Å². The number of sulfone groups is 1. The van der Waals surface area contributed by atoms with E-state index < -0.39 is 15.8 Å². The van der Waals surface area contributed by atoms with Crippen LogP contribution in [0.2, 0.25) is 0 Å². The summed E-state index contributed by atoms with van der Waals surface area (Å²) in [5.74, 6) is -0.478. The molecule has 0 aliphatic heterocycles. The van der Waals surface area contributed by atoms with Crippen molar-refractivity contribution in [2.24, 2.45) is 0 Å². The molecular weight excluding hydrogens is 280 g/mol. The minimum Gasteiger partial charge on any atom is -0.481 e. The Labute approximate surface area is 119 Å². The number of hydrogen-bond donors (Lipinski definition) is 1. The van der Waals surface area contributed by atoms with Gasteiger partial charge < -0.3 is 10.0 Å². The van der Waals surface area contributed by atoms with Gasteiger partial charge in [0.2, 0.25) is 0 Å². The molecule has 1 N–H and O–H groups in total. The second-order valence-electron chi connectivity index (χ2n) is 4.88. The Balaban J connectivity index is 3.07. The molecule has 0 unspecified atom stereocenters. The highest BCUT2D eigenvalue weighted by atomic mass is 32.2. The molecule has 1 aromatic heterocycles. The molecule has 0 radical (unpaired) electrons. The highest BCUT2D eigenvalue weighted by molar-refractivity contribution is 7.90. The fourth-order valence-electron chi connectivity index (χ4n) is 1.90. The van der Waals surface area contributed by atoms with Gasteiger partial charge in [-0.2, -0.15) is 0 Å². The third-order valence-corrected chi connectivity index (χ3v) is 3.95. The van der Waals surface area contributed by atoms with Crippen molar-refractivity contribution in [3.05, 3.63) is 18.3 Å². The highest BCUT2D eigenvalue weighted by Gasteiger charge is 2.21. The summed E-state index contributed by atoms with van der Waals surface area (Å²) in [7, 11) is -3.37. The van der Waals surface area contributed by atoms with E-state index in [0.717, 1.165) is 6.26 Å². The first kappa shape index (κ1) is 16.4. The predicted molar refractivity (Wildman–Crippen MR) is 76.7 cm³/mol. The molecule has 0 atom stereocenters. The quantitative estimate of drug-likeness (QED) is 0.822. The van der Waals surface area contributed by atoms with Gasteiger partial charge in [0.1, 0.15) is 10.7 Å². The maximum atomic E-state index is 11.8. The lowest BCUT2D eigenvalue weighted by molar-refractivity contribution is -0.137. The van der Waals surface area contributed by atoms with Gasteiger partial charge in [-0.05, 0) is 32.4 Å². The zero-order chi connectivity index (χ0) is 15.3. The van der Waals surface area contributed by atoms with Crippen LogP contribution in [0.1, 0.15) is 26.7 Å². The van der Waals surface area contributed by atoms with Gasteiger partial charge >= 0.3 is 5.97 Å². The van der Waals surface area contributed by atoms with E-state index in [1.165, 1.54) is 12.3 Å². The Kier molecular flexibility index (Phi) is 5.50. The number of pyridine rings is 1. The molecule has 0 aromatic carbocycles. The summed E-state index contributed by atoms with van der Waals surface area (Å²) in [4.78, 5) is 16.7. The van der Waals surface area contributed by atoms with Crippen LogP contribution in [0.15, 0.2) is 23.2 Å². The van der Waals surface area contributed by atoms with Gasteiger partial charge in [-0.1, -0.05) is 0 Å². The Bertz CT molecular complexity index is 569. The van der Waals surface area contributed by atoms with Crippen LogP contribution >= 0.6 is 0 Å². The first-order chi connectivity index (χ1) is 9.23. The predicted octanol–water partition coefficient (Wildman–Crippen LogP) is 1.56. The number of carbonyl (C=O) groups is 1. The zero-order valence-corrected chi connectivity index (χ0v) is 12.7. The van der Waals surface area contributed by atoms with Crippen molar-refractivity contribution in [3.8, 4) is 0 Å². The van der Waals surface area contributed by atoms with Crippen LogP contribution in [0.4, 0.5) is 5.82 Å². The van der Waals surface area contributed by atoms with Gasteiger partial charge in [0, 0.05) is 31.5 Å². The summed E-state index contributed by atoms with van der Waals surface area (Å²) in [5, 5.41) is 8.69. The second kappa shape index (κ2) is 6.69. The average molecular weight is 300 g/mol. The summed E-state index contributed by atoms with van der Waals surface area (Å²) in [6, 6.07) is 3.12. The molecule has 0 fully saturated rings. The molecule has 6 nitrogen and oxygen atoms in total. The molecule has 1 rings (SSSR count). The van der Waals surface area contributed by atoms with E-state index in [-0.39, 0.29) is 17.4 Å². The Hall–Kier alpha value is -1.63. The fraction of sp³-hybridized carbons (Fsp3) is 0.538. The minimum atomic E-state index is -3.37. The molecule has 0 aliphatic carbocycles. The summed E-state index contributed by atoms with van der Waals surface area (Å²) in [5.41, 5.74) is 0. The van der Waals surface area contributed by atoms with E-state index in [1.54, 1.807) is 6.07 Å². The number of aliphatic carboxylic acids is 1. The maximum Gasteiger partial charge on any atom is 0.303 e. The largest absolute Gasteiger partial charge is 0.481 e. The van der Waals surface area contributed by atoms with E-state index in [9.17, 15) is 13.2 Å². The van der Waals surface area contributed by atoms with E-state index in [1.807, 2.05) is 18.7 Å². The molecule has 0 saturated heterocycles. The fourth-order valence-corrected chi connectivity index (χ4v) is 2.72. The van der Waals surface area contributed by atoms with E-state index in [0.29, 0.717) is 18.8 Å². The third-order valence-electron chi connectivity index (χ3n) is 2.84. The van der Waals surface area contributed by atoms with Gasteiger partial charge in [0.05, 0.1) is 0 Å². The smallest absolute Gasteiger partial charge is 0.303 e. The lowest BCUT2D eigenvalue weighted by Crippen LogP contribution is -2.34. The summed E-state index contributed by atoms with van der Waals surface area (Å²) >= 11 is 0. The number of nitrogens with zero attached hydrogens (tertiary/aromatic N) is 2. The number of hydrogen-bond acceptors (Lipinski definition) is 5. The molecule has 7 heteroatoms. The van der Waals surface area contributed by atoms with Gasteiger partial charge in [0.25, 0.3) is 0 Å². The van der Waals surface area contributed by atoms with Crippen molar-refractivity contribution >= 4 is 21.6 Å². The molecule has 0 bridgehead atoms. The second-order valence-corrected chi connectivity index (χ2v) is 6.87. The van der Waals surface area contributed by atoms with Crippen LogP contribution in [0.25, 0.3) is 0 Å². The number of carboxylic acid groups (broad SMARTS) is 1. The van der Waals surface area contributed by atoms with Gasteiger partial charge in [-0.3, -0.25) is 4.79 Å². The minimum absolute atomic E-state index is 0.0270. The lowest BCUT2D eigenvalue weighted by atomic mass is 10.2. The molecular formula is C13H20N2O4S. The van der Waals surface area contributed by atoms with Gasteiger partial charge in [-0.25, -0.2) is 13.4 Å². The molecule has 20 heavy (non-hydrogen) atoms. The molecule has 0 aliphatic rings. The lowest BCUT2D eigenvalue weighted by Gasteiger charge is -2.29. The van der Waals surface area contributed by atoms with Crippen LogP contribution in [0, 0.1) is 0 Å². The molecule has 112 valence electrons. The monoisotopic (exact) mass is 300 g/mol. The number of carboxylic acids is 1. The van der Waals surface area contributed by atoms with Crippen LogP contribution < -0.4 is 4.90 Å². The van der Waals surface area contributed by atoms with E-state index in [2.05, 4.69) is 4.98 Å². The van der Waals surface area contributed by atoms with Crippen molar-refractivity contribution in [3.63, 3.8) is 0 Å². The van der Waals surface area contributed by atoms with Crippen LogP contribution in [-0.2, 0) is 14.6 Å². The molecule has 0 saturated carbocycles. The van der Waals surface area contributed by atoms with Crippen molar-refractivity contribution in [1.29, 1.82) is 0 Å². The SMILES string of the molecule is CC(C)N(CCCC(=O)O)c1ncccc1S(C)(=O)=O. The highest BCUT2D eigenvalue weighted by Crippen LogP contribution is 2.24. The van der Waals surface area contributed by atoms with Crippen molar-refractivity contribution in [2.45, 2.75) is 37.6 Å². The molecule has 1 aromatic rings. The topological polar surface area (TPSA) is 87.6 Å². The number of rotatable bonds is 7. The Morgan fingerprint density at radius 1 is 1.45 bits per heavy atom.